The Hall–Kier alpha value is -2.03. The third-order valence-electron chi connectivity index (χ3n) is 2.87. The van der Waals surface area contributed by atoms with Crippen LogP contribution in [0.4, 0.5) is 5.69 Å². The van der Waals surface area contributed by atoms with Crippen LogP contribution in [0.5, 0.6) is 0 Å². The number of nitrogens with zero attached hydrogens (tertiary/aromatic N) is 1. The number of ketones is 1. The number of rotatable bonds is 4. The Kier molecular flexibility index (Phi) is 3.51. The highest BCUT2D eigenvalue weighted by atomic mass is 16.3. The monoisotopic (exact) mass is 243 g/mol. The smallest absolute Gasteiger partial charge is 0.197 e. The third-order valence-corrected chi connectivity index (χ3v) is 2.87. The Morgan fingerprint density at radius 3 is 2.33 bits per heavy atom. The van der Waals surface area contributed by atoms with Gasteiger partial charge < -0.3 is 9.32 Å². The molecule has 0 unspecified atom stereocenters. The molecule has 0 fully saturated rings. The molecule has 0 amide bonds. The molecule has 1 heterocycles. The van der Waals surface area contributed by atoms with Crippen LogP contribution in [-0.2, 0) is 0 Å². The van der Waals surface area contributed by atoms with E-state index in [9.17, 15) is 4.79 Å². The molecule has 94 valence electrons. The molecule has 0 saturated heterocycles. The number of hydrogen-bond acceptors (Lipinski definition) is 3. The van der Waals surface area contributed by atoms with Gasteiger partial charge in [-0.1, -0.05) is 6.92 Å². The van der Waals surface area contributed by atoms with Gasteiger partial charge in [0.2, 0.25) is 0 Å². The van der Waals surface area contributed by atoms with Crippen LogP contribution in [0.1, 0.15) is 23.9 Å². The van der Waals surface area contributed by atoms with Crippen LogP contribution in [0.25, 0.3) is 11.3 Å². The van der Waals surface area contributed by atoms with Gasteiger partial charge in [0, 0.05) is 31.8 Å². The van der Waals surface area contributed by atoms with Gasteiger partial charge in [-0.25, -0.2) is 0 Å². The lowest BCUT2D eigenvalue weighted by Gasteiger charge is -2.12. The second-order valence-corrected chi connectivity index (χ2v) is 4.38. The number of Topliss-reactive ketones (excluding diaryl/α,β-unsaturated/α-hetero) is 1. The van der Waals surface area contributed by atoms with E-state index in [0.717, 1.165) is 17.0 Å². The molecule has 1 aromatic carbocycles. The maximum Gasteiger partial charge on any atom is 0.197 e. The molecule has 0 spiro atoms. The minimum Gasteiger partial charge on any atom is -0.453 e. The fraction of sp³-hybridized carbons (Fsp3) is 0.267. The highest BCUT2D eigenvalue weighted by Gasteiger charge is 2.10. The Labute approximate surface area is 107 Å². The Morgan fingerprint density at radius 2 is 1.78 bits per heavy atom. The molecule has 0 aliphatic rings. The number of benzene rings is 1. The summed E-state index contributed by atoms with van der Waals surface area (Å²) in [4.78, 5) is 13.5. The van der Waals surface area contributed by atoms with E-state index in [1.54, 1.807) is 6.07 Å². The summed E-state index contributed by atoms with van der Waals surface area (Å²) in [6.07, 6.45) is 0.465. The minimum atomic E-state index is 0.0335. The predicted octanol–water partition coefficient (Wildman–Crippen LogP) is 3.61. The molecule has 2 rings (SSSR count). The van der Waals surface area contributed by atoms with Crippen molar-refractivity contribution in [1.82, 2.24) is 0 Å². The van der Waals surface area contributed by atoms with Gasteiger partial charge >= 0.3 is 0 Å². The van der Waals surface area contributed by atoms with Gasteiger partial charge in [-0.3, -0.25) is 4.79 Å². The molecule has 2 aromatic rings. The second kappa shape index (κ2) is 5.08. The van der Waals surface area contributed by atoms with Crippen LogP contribution in [0.2, 0.25) is 0 Å². The van der Waals surface area contributed by atoms with E-state index in [-0.39, 0.29) is 5.78 Å². The predicted molar refractivity (Wildman–Crippen MR) is 73.1 cm³/mol. The maximum absolute atomic E-state index is 11.5. The van der Waals surface area contributed by atoms with E-state index in [2.05, 4.69) is 0 Å². The molecular formula is C15H17NO2. The number of anilines is 1. The van der Waals surface area contributed by atoms with Crippen LogP contribution >= 0.6 is 0 Å². The standard InChI is InChI=1S/C15H17NO2/c1-4-13(17)15-10-9-14(18-15)11-5-7-12(8-6-11)16(2)3/h5-10H,4H2,1-3H3. The van der Waals surface area contributed by atoms with Crippen molar-refractivity contribution in [2.24, 2.45) is 0 Å². The van der Waals surface area contributed by atoms with Gasteiger partial charge in [0.1, 0.15) is 5.76 Å². The summed E-state index contributed by atoms with van der Waals surface area (Å²) in [6.45, 7) is 1.83. The lowest BCUT2D eigenvalue weighted by Crippen LogP contribution is -2.07. The molecule has 18 heavy (non-hydrogen) atoms. The van der Waals surface area contributed by atoms with Gasteiger partial charge in [0.05, 0.1) is 0 Å². The van der Waals surface area contributed by atoms with E-state index in [4.69, 9.17) is 4.42 Å². The second-order valence-electron chi connectivity index (χ2n) is 4.38. The van der Waals surface area contributed by atoms with Crippen molar-refractivity contribution in [2.75, 3.05) is 19.0 Å². The van der Waals surface area contributed by atoms with Crippen LogP contribution < -0.4 is 4.90 Å². The summed E-state index contributed by atoms with van der Waals surface area (Å²) in [5, 5.41) is 0. The molecule has 3 heteroatoms. The molecule has 0 atom stereocenters. The lowest BCUT2D eigenvalue weighted by molar-refractivity contribution is 0.0962. The van der Waals surface area contributed by atoms with E-state index in [0.29, 0.717) is 12.2 Å². The van der Waals surface area contributed by atoms with Gasteiger partial charge in [-0.05, 0) is 36.4 Å². The quantitative estimate of drug-likeness (QED) is 0.769. The van der Waals surface area contributed by atoms with Crippen molar-refractivity contribution in [3.63, 3.8) is 0 Å². The summed E-state index contributed by atoms with van der Waals surface area (Å²) >= 11 is 0. The molecule has 0 radical (unpaired) electrons. The first-order chi connectivity index (χ1) is 8.61. The Morgan fingerprint density at radius 1 is 1.11 bits per heavy atom. The third kappa shape index (κ3) is 2.45. The minimum absolute atomic E-state index is 0.0335. The van der Waals surface area contributed by atoms with Gasteiger partial charge in [0.25, 0.3) is 0 Å². The Bertz CT molecular complexity index is 538. The van der Waals surface area contributed by atoms with E-state index in [1.165, 1.54) is 0 Å². The van der Waals surface area contributed by atoms with Crippen LogP contribution in [-0.4, -0.2) is 19.9 Å². The first-order valence-electron chi connectivity index (χ1n) is 6.02. The first-order valence-corrected chi connectivity index (χ1v) is 6.02. The van der Waals surface area contributed by atoms with Crippen molar-refractivity contribution in [1.29, 1.82) is 0 Å². The summed E-state index contributed by atoms with van der Waals surface area (Å²) in [6, 6.07) is 11.6. The van der Waals surface area contributed by atoms with E-state index < -0.39 is 0 Å². The summed E-state index contributed by atoms with van der Waals surface area (Å²) in [5.41, 5.74) is 2.12. The van der Waals surface area contributed by atoms with Gasteiger partial charge in [-0.15, -0.1) is 0 Å². The zero-order valence-corrected chi connectivity index (χ0v) is 10.9. The van der Waals surface area contributed by atoms with Crippen LogP contribution in [0.3, 0.4) is 0 Å². The van der Waals surface area contributed by atoms with Crippen molar-refractivity contribution in [2.45, 2.75) is 13.3 Å². The number of hydrogen-bond donors (Lipinski definition) is 0. The molecule has 0 aliphatic heterocycles. The number of furan rings is 1. The molecule has 1 aromatic heterocycles. The van der Waals surface area contributed by atoms with Gasteiger partial charge in [0.15, 0.2) is 11.5 Å². The Balaban J connectivity index is 2.26. The molecule has 0 N–H and O–H groups in total. The first kappa shape index (κ1) is 12.4. The highest BCUT2D eigenvalue weighted by molar-refractivity contribution is 5.93. The summed E-state index contributed by atoms with van der Waals surface area (Å²) in [5.74, 6) is 1.20. The fourth-order valence-electron chi connectivity index (χ4n) is 1.74. The average molecular weight is 243 g/mol. The SMILES string of the molecule is CCC(=O)c1ccc(-c2ccc(N(C)C)cc2)o1. The van der Waals surface area contributed by atoms with Gasteiger partial charge in [-0.2, -0.15) is 0 Å². The average Bonchev–Trinajstić information content (AvgIpc) is 2.87. The summed E-state index contributed by atoms with van der Waals surface area (Å²) in [7, 11) is 4.00. The lowest BCUT2D eigenvalue weighted by atomic mass is 10.1. The van der Waals surface area contributed by atoms with Crippen LogP contribution in [0.15, 0.2) is 40.8 Å². The van der Waals surface area contributed by atoms with Crippen molar-refractivity contribution in [3.8, 4) is 11.3 Å². The van der Waals surface area contributed by atoms with Crippen LogP contribution in [0, 0.1) is 0 Å². The highest BCUT2D eigenvalue weighted by Crippen LogP contribution is 2.24. The molecule has 0 saturated carbocycles. The topological polar surface area (TPSA) is 33.5 Å². The normalized spacial score (nSPS) is 10.4. The molecule has 3 nitrogen and oxygen atoms in total. The zero-order chi connectivity index (χ0) is 13.1. The van der Waals surface area contributed by atoms with E-state index in [1.807, 2.05) is 56.3 Å². The van der Waals surface area contributed by atoms with E-state index >= 15 is 0 Å². The zero-order valence-electron chi connectivity index (χ0n) is 10.9. The maximum atomic E-state index is 11.5. The molecule has 0 bridgehead atoms. The molecular weight excluding hydrogens is 226 g/mol. The molecule has 0 aliphatic carbocycles. The largest absolute Gasteiger partial charge is 0.453 e. The fourth-order valence-corrected chi connectivity index (χ4v) is 1.74. The van der Waals surface area contributed by atoms with Crippen molar-refractivity contribution in [3.05, 3.63) is 42.2 Å². The number of carbonyl (C=O) groups excluding carboxylic acids is 1. The summed E-state index contributed by atoms with van der Waals surface area (Å²) < 4.78 is 5.56. The van der Waals surface area contributed by atoms with Crippen molar-refractivity contribution < 1.29 is 9.21 Å². The van der Waals surface area contributed by atoms with Crippen molar-refractivity contribution >= 4 is 11.5 Å². The number of carbonyl (C=O) groups is 1.